The van der Waals surface area contributed by atoms with E-state index in [-0.39, 0.29) is 25.2 Å². The summed E-state index contributed by atoms with van der Waals surface area (Å²) in [6.45, 7) is 3.95. The number of carbonyl (C=O) groups excluding carboxylic acids is 3. The van der Waals surface area contributed by atoms with Crippen molar-refractivity contribution in [2.75, 3.05) is 6.54 Å². The summed E-state index contributed by atoms with van der Waals surface area (Å²) < 4.78 is 0. The van der Waals surface area contributed by atoms with Crippen LogP contribution < -0.4 is 27.4 Å². The van der Waals surface area contributed by atoms with E-state index in [4.69, 9.17) is 21.7 Å². The van der Waals surface area contributed by atoms with Gasteiger partial charge in [0.1, 0.15) is 18.1 Å². The highest BCUT2D eigenvalue weighted by Crippen LogP contribution is 2.09. The first-order valence-corrected chi connectivity index (χ1v) is 11.8. The quantitative estimate of drug-likeness (QED) is 0.0940. The fourth-order valence-electron chi connectivity index (χ4n) is 3.23. The molecule has 0 rings (SSSR count). The molecule has 0 fully saturated rings. The minimum absolute atomic E-state index is 0.0983. The fourth-order valence-corrected chi connectivity index (χ4v) is 3.23. The molecule has 3 amide bonds. The largest absolute Gasteiger partial charge is 0.481 e. The van der Waals surface area contributed by atoms with Gasteiger partial charge in [-0.2, -0.15) is 0 Å². The Kier molecular flexibility index (Phi) is 15.7. The highest BCUT2D eigenvalue weighted by molar-refractivity contribution is 5.94. The lowest BCUT2D eigenvalue weighted by Gasteiger charge is -2.26. The molecule has 0 bridgehead atoms. The number of carboxylic acid groups (broad SMARTS) is 3. The third-order valence-electron chi connectivity index (χ3n) is 5.19. The highest BCUT2D eigenvalue weighted by Gasteiger charge is 2.31. The molecule has 10 N–H and O–H groups in total. The molecule has 0 unspecified atom stereocenters. The van der Waals surface area contributed by atoms with Gasteiger partial charge in [0.2, 0.25) is 17.7 Å². The number of amides is 3. The average Bonchev–Trinajstić information content (AvgIpc) is 2.77. The molecule has 36 heavy (non-hydrogen) atoms. The van der Waals surface area contributed by atoms with Crippen LogP contribution in [0.3, 0.4) is 0 Å². The predicted molar refractivity (Wildman–Crippen MR) is 128 cm³/mol. The van der Waals surface area contributed by atoms with Gasteiger partial charge in [-0.25, -0.2) is 4.79 Å². The predicted octanol–water partition coefficient (Wildman–Crippen LogP) is -1.24. The number of hydrogen-bond acceptors (Lipinski definition) is 8. The number of hydrogen-bond donors (Lipinski definition) is 8. The summed E-state index contributed by atoms with van der Waals surface area (Å²) in [4.78, 5) is 71.5. The number of carboxylic acids is 3. The molecule has 4 atom stereocenters. The molecule has 0 spiro atoms. The smallest absolute Gasteiger partial charge is 0.326 e. The molecule has 0 aromatic rings. The van der Waals surface area contributed by atoms with Crippen molar-refractivity contribution in [1.82, 2.24) is 16.0 Å². The van der Waals surface area contributed by atoms with Gasteiger partial charge in [-0.1, -0.05) is 20.3 Å². The molecular formula is C22H39N5O9. The van der Waals surface area contributed by atoms with Crippen molar-refractivity contribution in [2.24, 2.45) is 17.4 Å². The average molecular weight is 518 g/mol. The van der Waals surface area contributed by atoms with Crippen LogP contribution in [0.1, 0.15) is 65.2 Å². The van der Waals surface area contributed by atoms with Gasteiger partial charge in [0.25, 0.3) is 0 Å². The van der Waals surface area contributed by atoms with Gasteiger partial charge < -0.3 is 42.7 Å². The van der Waals surface area contributed by atoms with E-state index in [2.05, 4.69) is 16.0 Å². The van der Waals surface area contributed by atoms with Crippen LogP contribution in [0.25, 0.3) is 0 Å². The zero-order valence-electron chi connectivity index (χ0n) is 20.7. The number of nitrogens with two attached hydrogens (primary N) is 2. The van der Waals surface area contributed by atoms with Gasteiger partial charge in [0.15, 0.2) is 0 Å². The molecular weight excluding hydrogens is 478 g/mol. The van der Waals surface area contributed by atoms with Crippen molar-refractivity contribution in [3.05, 3.63) is 0 Å². The summed E-state index contributed by atoms with van der Waals surface area (Å²) in [7, 11) is 0. The van der Waals surface area contributed by atoms with Crippen molar-refractivity contribution >= 4 is 35.6 Å². The molecule has 0 saturated carbocycles. The van der Waals surface area contributed by atoms with Gasteiger partial charge >= 0.3 is 17.9 Å². The summed E-state index contributed by atoms with van der Waals surface area (Å²) in [6, 6.07) is -4.96. The van der Waals surface area contributed by atoms with Crippen LogP contribution in [0.2, 0.25) is 0 Å². The summed E-state index contributed by atoms with van der Waals surface area (Å²) >= 11 is 0. The minimum atomic E-state index is -1.49. The number of nitrogens with one attached hydrogen (secondary N) is 3. The molecule has 0 radical (unpaired) electrons. The van der Waals surface area contributed by atoms with Crippen molar-refractivity contribution in [3.8, 4) is 0 Å². The summed E-state index contributed by atoms with van der Waals surface area (Å²) in [6.07, 6.45) is 0.0704. The lowest BCUT2D eigenvalue weighted by molar-refractivity contribution is -0.143. The molecule has 14 heteroatoms. The van der Waals surface area contributed by atoms with Gasteiger partial charge in [-0.15, -0.1) is 0 Å². The van der Waals surface area contributed by atoms with Gasteiger partial charge in [-0.3, -0.25) is 24.0 Å². The first kappa shape index (κ1) is 32.7. The molecule has 0 aliphatic rings. The summed E-state index contributed by atoms with van der Waals surface area (Å²) in [5, 5.41) is 34.2. The van der Waals surface area contributed by atoms with Crippen LogP contribution in [0.5, 0.6) is 0 Å². The Balaban J connectivity index is 5.51. The lowest BCUT2D eigenvalue weighted by Crippen LogP contribution is -2.57. The van der Waals surface area contributed by atoms with Gasteiger partial charge in [0, 0.05) is 12.8 Å². The maximum absolute atomic E-state index is 13.0. The maximum Gasteiger partial charge on any atom is 0.326 e. The van der Waals surface area contributed by atoms with Crippen LogP contribution in [-0.4, -0.2) is 81.7 Å². The molecule has 0 aliphatic carbocycles. The van der Waals surface area contributed by atoms with Crippen LogP contribution in [0.4, 0.5) is 0 Å². The van der Waals surface area contributed by atoms with Gasteiger partial charge in [0.05, 0.1) is 6.04 Å². The number of aliphatic carboxylic acids is 3. The summed E-state index contributed by atoms with van der Waals surface area (Å²) in [5.41, 5.74) is 11.3. The molecule has 206 valence electrons. The zero-order valence-corrected chi connectivity index (χ0v) is 20.7. The third kappa shape index (κ3) is 14.2. The SMILES string of the molecule is CC(C)C[C@H](NC(=O)[C@H](CCC(=O)O)NC(=O)[C@H](N)CCCCN)C(=O)N[C@H](CCC(=O)O)C(=O)O. The van der Waals surface area contributed by atoms with E-state index in [0.717, 1.165) is 0 Å². The van der Waals surface area contributed by atoms with Crippen molar-refractivity contribution < 1.29 is 44.1 Å². The van der Waals surface area contributed by atoms with Crippen molar-refractivity contribution in [3.63, 3.8) is 0 Å². The van der Waals surface area contributed by atoms with E-state index in [1.54, 1.807) is 13.8 Å². The third-order valence-corrected chi connectivity index (χ3v) is 5.19. The zero-order chi connectivity index (χ0) is 27.8. The Morgan fingerprint density at radius 3 is 1.64 bits per heavy atom. The highest BCUT2D eigenvalue weighted by atomic mass is 16.4. The first-order chi connectivity index (χ1) is 16.8. The molecule has 14 nitrogen and oxygen atoms in total. The maximum atomic E-state index is 13.0. The van der Waals surface area contributed by atoms with Gasteiger partial charge in [-0.05, 0) is 44.6 Å². The monoisotopic (exact) mass is 517 g/mol. The first-order valence-electron chi connectivity index (χ1n) is 11.8. The second kappa shape index (κ2) is 17.2. The molecule has 0 aromatic carbocycles. The Morgan fingerprint density at radius 2 is 1.17 bits per heavy atom. The van der Waals surface area contributed by atoms with E-state index in [1.807, 2.05) is 0 Å². The fraction of sp³-hybridized carbons (Fsp3) is 0.727. The Bertz CT molecular complexity index is 775. The molecule has 0 saturated heterocycles. The van der Waals surface area contributed by atoms with Crippen LogP contribution in [0.15, 0.2) is 0 Å². The normalized spacial score (nSPS) is 14.2. The van der Waals surface area contributed by atoms with E-state index in [1.165, 1.54) is 0 Å². The molecule has 0 aliphatic heterocycles. The van der Waals surface area contributed by atoms with Crippen LogP contribution in [0, 0.1) is 5.92 Å². The Labute approximate surface area is 209 Å². The van der Waals surface area contributed by atoms with Crippen molar-refractivity contribution in [2.45, 2.75) is 89.4 Å². The molecule has 0 heterocycles. The van der Waals surface area contributed by atoms with E-state index in [0.29, 0.717) is 25.8 Å². The van der Waals surface area contributed by atoms with Crippen LogP contribution in [-0.2, 0) is 28.8 Å². The standard InChI is InChI=1S/C22H39N5O9/c1-12(2)11-16(21(34)26-15(22(35)36)7-9-18(30)31)27-20(33)14(6-8-17(28)29)25-19(32)13(24)5-3-4-10-23/h12-16H,3-11,23-24H2,1-2H3,(H,25,32)(H,26,34)(H,27,33)(H,28,29)(H,30,31)(H,35,36)/t13-,14+,15-,16+/m1/s1. The Hall–Kier alpha value is -3.26. The Morgan fingerprint density at radius 1 is 0.694 bits per heavy atom. The van der Waals surface area contributed by atoms with Crippen molar-refractivity contribution in [1.29, 1.82) is 0 Å². The summed E-state index contributed by atoms with van der Waals surface area (Å²) in [5.74, 6) is -6.34. The van der Waals surface area contributed by atoms with E-state index in [9.17, 15) is 33.9 Å². The lowest BCUT2D eigenvalue weighted by atomic mass is 10.0. The number of rotatable bonds is 19. The van der Waals surface area contributed by atoms with E-state index >= 15 is 0 Å². The molecule has 0 aromatic heterocycles. The minimum Gasteiger partial charge on any atom is -0.481 e. The topological polar surface area (TPSA) is 251 Å². The number of carbonyl (C=O) groups is 6. The van der Waals surface area contributed by atoms with Crippen LogP contribution >= 0.6 is 0 Å². The second-order valence-corrected chi connectivity index (χ2v) is 8.91. The second-order valence-electron chi connectivity index (χ2n) is 8.91. The van der Waals surface area contributed by atoms with E-state index < -0.39 is 72.6 Å². The number of unbranched alkanes of at least 4 members (excludes halogenated alkanes) is 1.